The van der Waals surface area contributed by atoms with Crippen molar-refractivity contribution in [2.75, 3.05) is 13.7 Å². The monoisotopic (exact) mass is 330 g/mol. The van der Waals surface area contributed by atoms with E-state index in [0.717, 1.165) is 42.0 Å². The SMILES string of the molecule is COc1ccc2c(c1)nnn2-c1ccc2c(c1)CNCCC2.Cl. The molecule has 23 heavy (non-hydrogen) atoms. The van der Waals surface area contributed by atoms with Crippen LogP contribution in [0.1, 0.15) is 17.5 Å². The van der Waals surface area contributed by atoms with Gasteiger partial charge in [-0.25, -0.2) is 4.68 Å². The lowest BCUT2D eigenvalue weighted by Crippen LogP contribution is -2.12. The van der Waals surface area contributed by atoms with E-state index in [2.05, 4.69) is 33.8 Å². The van der Waals surface area contributed by atoms with Gasteiger partial charge < -0.3 is 10.1 Å². The summed E-state index contributed by atoms with van der Waals surface area (Å²) in [5.41, 5.74) is 5.66. The third-order valence-electron chi connectivity index (χ3n) is 4.20. The molecule has 0 aliphatic carbocycles. The van der Waals surface area contributed by atoms with Crippen molar-refractivity contribution in [3.05, 3.63) is 47.5 Å². The molecular formula is C17H19ClN4O. The van der Waals surface area contributed by atoms with Crippen LogP contribution in [0, 0.1) is 0 Å². The highest BCUT2D eigenvalue weighted by molar-refractivity contribution is 5.85. The third kappa shape index (κ3) is 2.90. The van der Waals surface area contributed by atoms with Crippen molar-refractivity contribution < 1.29 is 4.74 Å². The zero-order valence-electron chi connectivity index (χ0n) is 13.0. The predicted molar refractivity (Wildman–Crippen MR) is 92.7 cm³/mol. The molecule has 0 bridgehead atoms. The van der Waals surface area contributed by atoms with Gasteiger partial charge in [-0.3, -0.25) is 0 Å². The van der Waals surface area contributed by atoms with Crippen LogP contribution in [0.3, 0.4) is 0 Å². The number of halogens is 1. The summed E-state index contributed by atoms with van der Waals surface area (Å²) >= 11 is 0. The molecule has 1 N–H and O–H groups in total. The Hall–Kier alpha value is -2.11. The Kier molecular flexibility index (Phi) is 4.50. The minimum Gasteiger partial charge on any atom is -0.497 e. The van der Waals surface area contributed by atoms with Gasteiger partial charge in [-0.2, -0.15) is 0 Å². The standard InChI is InChI=1S/C17H18N4O.ClH/c1-22-15-6-7-17-16(10-15)19-20-21(17)14-5-4-12-3-2-8-18-11-13(12)9-14;/h4-7,9-10,18H,2-3,8,11H2,1H3;1H. The van der Waals surface area contributed by atoms with Crippen molar-refractivity contribution in [1.29, 1.82) is 0 Å². The Labute approximate surface area is 141 Å². The molecule has 0 amide bonds. The van der Waals surface area contributed by atoms with Crippen LogP contribution in [0.2, 0.25) is 0 Å². The largest absolute Gasteiger partial charge is 0.497 e. The van der Waals surface area contributed by atoms with E-state index < -0.39 is 0 Å². The smallest absolute Gasteiger partial charge is 0.121 e. The topological polar surface area (TPSA) is 52.0 Å². The predicted octanol–water partition coefficient (Wildman–Crippen LogP) is 2.89. The average Bonchev–Trinajstić information content (AvgIpc) is 2.83. The Bertz CT molecular complexity index is 831. The van der Waals surface area contributed by atoms with Crippen LogP contribution in [-0.2, 0) is 13.0 Å². The molecule has 120 valence electrons. The van der Waals surface area contributed by atoms with Gasteiger partial charge in [0.1, 0.15) is 11.3 Å². The van der Waals surface area contributed by atoms with Crippen molar-refractivity contribution in [1.82, 2.24) is 20.3 Å². The minimum absolute atomic E-state index is 0. The fraction of sp³-hybridized carbons (Fsp3) is 0.294. The summed E-state index contributed by atoms with van der Waals surface area (Å²) in [5.74, 6) is 0.797. The third-order valence-corrected chi connectivity index (χ3v) is 4.20. The van der Waals surface area contributed by atoms with Crippen molar-refractivity contribution in [3.8, 4) is 11.4 Å². The zero-order valence-corrected chi connectivity index (χ0v) is 13.8. The summed E-state index contributed by atoms with van der Waals surface area (Å²) in [5, 5.41) is 12.0. The van der Waals surface area contributed by atoms with Crippen LogP contribution in [0.15, 0.2) is 36.4 Å². The van der Waals surface area contributed by atoms with Gasteiger partial charge >= 0.3 is 0 Å². The fourth-order valence-corrected chi connectivity index (χ4v) is 3.00. The van der Waals surface area contributed by atoms with Gasteiger partial charge in [-0.05, 0) is 54.8 Å². The van der Waals surface area contributed by atoms with E-state index >= 15 is 0 Å². The molecule has 1 aliphatic rings. The molecule has 0 radical (unpaired) electrons. The maximum Gasteiger partial charge on any atom is 0.121 e. The molecule has 4 rings (SSSR count). The molecule has 0 fully saturated rings. The van der Waals surface area contributed by atoms with E-state index in [9.17, 15) is 0 Å². The lowest BCUT2D eigenvalue weighted by Gasteiger charge is -2.09. The second-order valence-electron chi connectivity index (χ2n) is 5.59. The molecule has 3 aromatic rings. The summed E-state index contributed by atoms with van der Waals surface area (Å²) in [7, 11) is 1.66. The van der Waals surface area contributed by atoms with E-state index in [1.165, 1.54) is 17.5 Å². The highest BCUT2D eigenvalue weighted by atomic mass is 35.5. The number of rotatable bonds is 2. The number of nitrogens with zero attached hydrogens (tertiary/aromatic N) is 3. The van der Waals surface area contributed by atoms with Crippen molar-refractivity contribution in [2.45, 2.75) is 19.4 Å². The molecule has 1 aromatic heterocycles. The van der Waals surface area contributed by atoms with Gasteiger partial charge in [-0.15, -0.1) is 17.5 Å². The Balaban J connectivity index is 0.00000156. The maximum atomic E-state index is 5.24. The van der Waals surface area contributed by atoms with Gasteiger partial charge in [0, 0.05) is 12.6 Å². The van der Waals surface area contributed by atoms with Crippen LogP contribution >= 0.6 is 12.4 Å². The molecule has 0 saturated heterocycles. The number of hydrogen-bond acceptors (Lipinski definition) is 4. The number of ether oxygens (including phenoxy) is 1. The summed E-state index contributed by atoms with van der Waals surface area (Å²) in [6, 6.07) is 12.4. The summed E-state index contributed by atoms with van der Waals surface area (Å²) in [6.07, 6.45) is 2.33. The first-order valence-corrected chi connectivity index (χ1v) is 7.57. The number of hydrogen-bond donors (Lipinski definition) is 1. The zero-order chi connectivity index (χ0) is 14.9. The number of methoxy groups -OCH3 is 1. The van der Waals surface area contributed by atoms with Crippen molar-refractivity contribution in [2.24, 2.45) is 0 Å². The molecule has 0 unspecified atom stereocenters. The van der Waals surface area contributed by atoms with Gasteiger partial charge in [0.15, 0.2) is 0 Å². The van der Waals surface area contributed by atoms with Gasteiger partial charge in [0.25, 0.3) is 0 Å². The van der Waals surface area contributed by atoms with Crippen LogP contribution in [0.25, 0.3) is 16.7 Å². The second-order valence-corrected chi connectivity index (χ2v) is 5.59. The average molecular weight is 331 g/mol. The molecule has 0 spiro atoms. The normalized spacial score (nSPS) is 14.0. The number of benzene rings is 2. The maximum absolute atomic E-state index is 5.24. The number of nitrogens with one attached hydrogen (secondary N) is 1. The lowest BCUT2D eigenvalue weighted by molar-refractivity contribution is 0.415. The molecule has 0 atom stereocenters. The van der Waals surface area contributed by atoms with E-state index in [1.54, 1.807) is 7.11 Å². The quantitative estimate of drug-likeness (QED) is 0.785. The molecule has 1 aliphatic heterocycles. The van der Waals surface area contributed by atoms with E-state index in [0.29, 0.717) is 0 Å². The summed E-state index contributed by atoms with van der Waals surface area (Å²) in [4.78, 5) is 0. The molecule has 6 heteroatoms. The Morgan fingerprint density at radius 1 is 1.13 bits per heavy atom. The number of aromatic nitrogens is 3. The second kappa shape index (κ2) is 6.56. The van der Waals surface area contributed by atoms with Crippen LogP contribution < -0.4 is 10.1 Å². The van der Waals surface area contributed by atoms with Crippen LogP contribution in [0.5, 0.6) is 5.75 Å². The van der Waals surface area contributed by atoms with Gasteiger partial charge in [0.2, 0.25) is 0 Å². The van der Waals surface area contributed by atoms with E-state index in [-0.39, 0.29) is 12.4 Å². The number of aryl methyl sites for hydroxylation is 1. The van der Waals surface area contributed by atoms with E-state index in [1.807, 2.05) is 22.9 Å². The molecule has 0 saturated carbocycles. The highest BCUT2D eigenvalue weighted by Gasteiger charge is 2.12. The summed E-state index contributed by atoms with van der Waals surface area (Å²) in [6.45, 7) is 2.00. The number of fused-ring (bicyclic) bond motifs is 2. The van der Waals surface area contributed by atoms with E-state index in [4.69, 9.17) is 4.74 Å². The highest BCUT2D eigenvalue weighted by Crippen LogP contribution is 2.23. The Morgan fingerprint density at radius 2 is 2.04 bits per heavy atom. The van der Waals surface area contributed by atoms with Crippen molar-refractivity contribution in [3.63, 3.8) is 0 Å². The summed E-state index contributed by atoms with van der Waals surface area (Å²) < 4.78 is 7.13. The fourth-order valence-electron chi connectivity index (χ4n) is 3.00. The first-order chi connectivity index (χ1) is 10.8. The van der Waals surface area contributed by atoms with Gasteiger partial charge in [0.05, 0.1) is 18.3 Å². The van der Waals surface area contributed by atoms with Crippen molar-refractivity contribution >= 4 is 23.4 Å². The minimum atomic E-state index is 0. The molecule has 2 aromatic carbocycles. The molecular weight excluding hydrogens is 312 g/mol. The Morgan fingerprint density at radius 3 is 2.91 bits per heavy atom. The molecule has 2 heterocycles. The first kappa shape index (κ1) is 15.8. The van der Waals surface area contributed by atoms with Crippen LogP contribution in [0.4, 0.5) is 0 Å². The molecule has 5 nitrogen and oxygen atoms in total. The van der Waals surface area contributed by atoms with Crippen LogP contribution in [-0.4, -0.2) is 28.6 Å². The lowest BCUT2D eigenvalue weighted by atomic mass is 10.0. The first-order valence-electron chi connectivity index (χ1n) is 7.57. The van der Waals surface area contributed by atoms with Gasteiger partial charge in [-0.1, -0.05) is 11.3 Å².